The average molecular weight is 476 g/mol. The molecule has 1 aromatic heterocycles. The summed E-state index contributed by atoms with van der Waals surface area (Å²) in [5.74, 6) is 0. The molecule has 0 spiro atoms. The molecular formula is C23H39Cl2NSiTi. The number of hydrogen-bond acceptors (Lipinski definition) is 0. The van der Waals surface area contributed by atoms with Gasteiger partial charge in [-0.05, 0) is 5.41 Å². The van der Waals surface area contributed by atoms with Gasteiger partial charge in [0.05, 0.1) is 0 Å². The summed E-state index contributed by atoms with van der Waals surface area (Å²) >= 11 is 0. The van der Waals surface area contributed by atoms with Crippen molar-refractivity contribution in [2.24, 2.45) is 0 Å². The molecule has 1 aliphatic rings. The number of hydrogen-bond donors (Lipinski definition) is 1. The van der Waals surface area contributed by atoms with Gasteiger partial charge in [0, 0.05) is 8.80 Å². The Bertz CT molecular complexity index is 647. The molecule has 1 unspecified atom stereocenters. The number of rotatable bonds is 1. The summed E-state index contributed by atoms with van der Waals surface area (Å²) in [4.78, 5) is 3.09. The molecule has 28 heavy (non-hydrogen) atoms. The van der Waals surface area contributed by atoms with Crippen LogP contribution < -0.4 is 24.8 Å². The largest absolute Gasteiger partial charge is 4.00 e. The van der Waals surface area contributed by atoms with Crippen LogP contribution in [-0.2, 0) is 32.5 Å². The molecule has 5 heteroatoms. The first-order valence-electron chi connectivity index (χ1n) is 9.52. The van der Waals surface area contributed by atoms with Gasteiger partial charge in [-0.1, -0.05) is 85.9 Å². The minimum atomic E-state index is -0.663. The summed E-state index contributed by atoms with van der Waals surface area (Å²) in [5.41, 5.74) is 7.47. The van der Waals surface area contributed by atoms with Crippen molar-refractivity contribution in [2.75, 3.05) is 0 Å². The molecule has 1 aromatic rings. The van der Waals surface area contributed by atoms with E-state index in [-0.39, 0.29) is 57.4 Å². The van der Waals surface area contributed by atoms with Crippen LogP contribution in [0.4, 0.5) is 0 Å². The third-order valence-corrected chi connectivity index (χ3v) is 8.63. The Balaban J connectivity index is -0.000000404. The maximum Gasteiger partial charge on any atom is 4.00 e. The zero-order valence-corrected chi connectivity index (χ0v) is 24.1. The van der Waals surface area contributed by atoms with Gasteiger partial charge >= 0.3 is 21.7 Å². The Morgan fingerprint density at radius 2 is 1.39 bits per heavy atom. The standard InChI is InChI=1S/C12H20N.C11H19Si.2ClH.Ti/c1-11(2,3)9-7-13-8-10(9)12(4,5)6;1-8-7-11(4,12(5)6)10(3)9(8)2;;;/h7,13H,1-6H3;12H,1-6H3;2*1H;/q2*-1;;;+4/p-2. The number of halogens is 2. The van der Waals surface area contributed by atoms with Crippen LogP contribution in [0.5, 0.6) is 0 Å². The molecule has 1 atom stereocenters. The van der Waals surface area contributed by atoms with Crippen molar-refractivity contribution in [3.8, 4) is 0 Å². The Morgan fingerprint density at radius 1 is 0.929 bits per heavy atom. The summed E-state index contributed by atoms with van der Waals surface area (Å²) in [5, 5.41) is 0.328. The molecule has 0 aliphatic heterocycles. The normalized spacial score (nSPS) is 19.1. The third kappa shape index (κ3) is 7.51. The van der Waals surface area contributed by atoms with Crippen molar-refractivity contribution in [2.45, 2.75) is 98.2 Å². The first-order valence-corrected chi connectivity index (χ1v) is 12.4. The predicted molar refractivity (Wildman–Crippen MR) is 115 cm³/mol. The van der Waals surface area contributed by atoms with Crippen LogP contribution in [0.25, 0.3) is 0 Å². The van der Waals surface area contributed by atoms with Crippen LogP contribution in [-0.4, -0.2) is 13.8 Å². The van der Waals surface area contributed by atoms with Gasteiger partial charge in [-0.25, -0.2) is 5.57 Å². The molecule has 1 nitrogen and oxygen atoms in total. The van der Waals surface area contributed by atoms with Crippen molar-refractivity contribution in [1.29, 1.82) is 0 Å². The van der Waals surface area contributed by atoms with Gasteiger partial charge in [-0.15, -0.1) is 24.9 Å². The van der Waals surface area contributed by atoms with E-state index in [0.717, 1.165) is 0 Å². The van der Waals surface area contributed by atoms with E-state index in [9.17, 15) is 0 Å². The molecule has 1 aliphatic carbocycles. The molecule has 158 valence electrons. The molecule has 1 heterocycles. The van der Waals surface area contributed by atoms with Crippen LogP contribution in [0, 0.1) is 12.3 Å². The van der Waals surface area contributed by atoms with Crippen molar-refractivity contribution in [3.63, 3.8) is 0 Å². The number of allylic oxidation sites excluding steroid dienone is 4. The smallest absolute Gasteiger partial charge is 1.00 e. The number of H-pyrrole nitrogens is 1. The van der Waals surface area contributed by atoms with E-state index in [1.165, 1.54) is 22.3 Å². The van der Waals surface area contributed by atoms with E-state index in [4.69, 9.17) is 0 Å². The van der Waals surface area contributed by atoms with E-state index in [0.29, 0.717) is 5.04 Å². The van der Waals surface area contributed by atoms with E-state index in [1.54, 1.807) is 5.57 Å². The van der Waals surface area contributed by atoms with E-state index in [2.05, 4.69) is 106 Å². The average Bonchev–Trinajstić information content (AvgIpc) is 3.01. The number of aromatic nitrogens is 1. The van der Waals surface area contributed by atoms with E-state index >= 15 is 0 Å². The van der Waals surface area contributed by atoms with Gasteiger partial charge in [0.25, 0.3) is 0 Å². The Morgan fingerprint density at radius 3 is 1.61 bits per heavy atom. The van der Waals surface area contributed by atoms with Crippen molar-refractivity contribution >= 4 is 8.80 Å². The van der Waals surface area contributed by atoms with Gasteiger partial charge in [0.2, 0.25) is 0 Å². The molecular weight excluding hydrogens is 437 g/mol. The first kappa shape index (κ1) is 32.9. The Kier molecular flexibility index (Phi) is 13.6. The topological polar surface area (TPSA) is 15.8 Å². The summed E-state index contributed by atoms with van der Waals surface area (Å²) in [7, 11) is -0.663. The van der Waals surface area contributed by atoms with E-state index < -0.39 is 8.80 Å². The van der Waals surface area contributed by atoms with Crippen molar-refractivity contribution in [3.05, 3.63) is 46.3 Å². The van der Waals surface area contributed by atoms with E-state index in [1.807, 2.05) is 0 Å². The minimum Gasteiger partial charge on any atom is -1.00 e. The molecule has 2 rings (SSSR count). The summed E-state index contributed by atoms with van der Waals surface area (Å²) in [6, 6.07) is 0. The van der Waals surface area contributed by atoms with Crippen LogP contribution in [0.2, 0.25) is 18.1 Å². The molecule has 0 amide bonds. The molecule has 1 N–H and O–H groups in total. The SMILES string of the molecule is CC(C)(C)c1[c-][nH]cc1C(C)(C)C.CC1=[C-]C(C)([SiH](C)C)C(C)=C1C.[Cl-].[Cl-].[Ti+4]. The second kappa shape index (κ2) is 11.6. The van der Waals surface area contributed by atoms with Crippen LogP contribution in [0.3, 0.4) is 0 Å². The van der Waals surface area contributed by atoms with Crippen molar-refractivity contribution < 1.29 is 46.5 Å². The summed E-state index contributed by atoms with van der Waals surface area (Å²) in [6.45, 7) is 27.2. The second-order valence-electron chi connectivity index (χ2n) is 10.1. The maximum absolute atomic E-state index is 3.63. The zero-order valence-electron chi connectivity index (χ0n) is 19.9. The molecule has 0 aromatic carbocycles. The quantitative estimate of drug-likeness (QED) is 0.455. The summed E-state index contributed by atoms with van der Waals surface area (Å²) < 4.78 is 0. The maximum atomic E-state index is 3.63. The van der Waals surface area contributed by atoms with Crippen LogP contribution in [0.15, 0.2) is 22.9 Å². The molecule has 0 fully saturated rings. The molecule has 0 saturated carbocycles. The minimum absolute atomic E-state index is 0. The zero-order chi connectivity index (χ0) is 19.8. The molecule has 0 saturated heterocycles. The monoisotopic (exact) mass is 475 g/mol. The fourth-order valence-electron chi connectivity index (χ4n) is 3.33. The predicted octanol–water partition coefficient (Wildman–Crippen LogP) is 0.748. The van der Waals surface area contributed by atoms with Gasteiger partial charge in [0.15, 0.2) is 0 Å². The Labute approximate surface area is 203 Å². The van der Waals surface area contributed by atoms with Crippen LogP contribution in [0.1, 0.15) is 80.4 Å². The van der Waals surface area contributed by atoms with Gasteiger partial charge in [0.1, 0.15) is 0 Å². The number of aromatic amines is 1. The third-order valence-electron chi connectivity index (χ3n) is 5.75. The van der Waals surface area contributed by atoms with Crippen LogP contribution >= 0.6 is 0 Å². The van der Waals surface area contributed by atoms with Crippen molar-refractivity contribution in [1.82, 2.24) is 4.98 Å². The first-order chi connectivity index (χ1) is 11.1. The summed E-state index contributed by atoms with van der Waals surface area (Å²) in [6.07, 6.45) is 8.93. The number of nitrogens with one attached hydrogen (secondary N) is 1. The van der Waals surface area contributed by atoms with Gasteiger partial charge < -0.3 is 29.8 Å². The van der Waals surface area contributed by atoms with Gasteiger partial charge in [-0.2, -0.15) is 16.7 Å². The molecule has 0 radical (unpaired) electrons. The second-order valence-corrected chi connectivity index (χ2v) is 13.5. The fourth-order valence-corrected chi connectivity index (χ4v) is 4.92. The fraction of sp³-hybridized carbons (Fsp3) is 0.652. The Hall–Kier alpha value is 0.271. The molecule has 0 bridgehead atoms. The van der Waals surface area contributed by atoms with Gasteiger partial charge in [-0.3, -0.25) is 6.08 Å².